The van der Waals surface area contributed by atoms with Gasteiger partial charge in [-0.25, -0.2) is 0 Å². The van der Waals surface area contributed by atoms with Gasteiger partial charge in [-0.3, -0.25) is 9.59 Å². The lowest BCUT2D eigenvalue weighted by atomic mass is 9.90. The van der Waals surface area contributed by atoms with E-state index < -0.39 is 17.9 Å². The van der Waals surface area contributed by atoms with Crippen LogP contribution < -0.4 is 0 Å². The number of amides is 1. The molecule has 0 radical (unpaired) electrons. The number of rotatable bonds is 5. The van der Waals surface area contributed by atoms with E-state index in [1.807, 2.05) is 38.1 Å². The molecule has 0 aromatic heterocycles. The molecular formula is C16H21NO4. The summed E-state index contributed by atoms with van der Waals surface area (Å²) in [6.07, 6.45) is 0.0551. The average Bonchev–Trinajstić information content (AvgIpc) is 2.77. The molecule has 1 saturated heterocycles. The average molecular weight is 291 g/mol. The fourth-order valence-electron chi connectivity index (χ4n) is 3.06. The molecule has 1 fully saturated rings. The van der Waals surface area contributed by atoms with Crippen molar-refractivity contribution in [1.82, 2.24) is 4.90 Å². The summed E-state index contributed by atoms with van der Waals surface area (Å²) in [5.41, 5.74) is 1.79. The Balaban J connectivity index is 2.50. The fraction of sp³-hybridized carbons (Fsp3) is 0.500. The van der Waals surface area contributed by atoms with Crippen LogP contribution in [0, 0.1) is 5.92 Å². The number of likely N-dealkylation sites (tertiary alicyclic amines) is 1. The van der Waals surface area contributed by atoms with Crippen LogP contribution in [0.15, 0.2) is 24.3 Å². The zero-order valence-corrected chi connectivity index (χ0v) is 12.6. The Morgan fingerprint density at radius 1 is 1.43 bits per heavy atom. The maximum absolute atomic E-state index is 12.2. The van der Waals surface area contributed by atoms with Crippen molar-refractivity contribution in [2.45, 2.75) is 39.0 Å². The van der Waals surface area contributed by atoms with Crippen LogP contribution in [0.4, 0.5) is 0 Å². The highest BCUT2D eigenvalue weighted by Gasteiger charge is 2.46. The van der Waals surface area contributed by atoms with Crippen molar-refractivity contribution in [3.63, 3.8) is 0 Å². The molecule has 2 atom stereocenters. The van der Waals surface area contributed by atoms with Crippen molar-refractivity contribution < 1.29 is 19.4 Å². The Morgan fingerprint density at radius 2 is 2.10 bits per heavy atom. The fourth-order valence-corrected chi connectivity index (χ4v) is 3.06. The Hall–Kier alpha value is -1.88. The molecule has 1 aromatic rings. The molecule has 1 heterocycles. The summed E-state index contributed by atoms with van der Waals surface area (Å²) in [5.74, 6) is -1.74. The summed E-state index contributed by atoms with van der Waals surface area (Å²) in [7, 11) is 1.60. The SMILES string of the molecule is COCc1ccccc1C1C(C(=O)O)CC(=O)N1C(C)C. The first-order valence-electron chi connectivity index (χ1n) is 7.08. The first kappa shape index (κ1) is 15.5. The highest BCUT2D eigenvalue weighted by Crippen LogP contribution is 2.41. The van der Waals surface area contributed by atoms with Crippen LogP contribution in [-0.4, -0.2) is 35.0 Å². The second-order valence-electron chi connectivity index (χ2n) is 5.62. The molecule has 1 N–H and O–H groups in total. The molecule has 5 nitrogen and oxygen atoms in total. The van der Waals surface area contributed by atoms with Crippen LogP contribution in [0.2, 0.25) is 0 Å². The number of aliphatic carboxylic acids is 1. The first-order valence-corrected chi connectivity index (χ1v) is 7.08. The van der Waals surface area contributed by atoms with Crippen LogP contribution in [-0.2, 0) is 20.9 Å². The zero-order valence-electron chi connectivity index (χ0n) is 12.6. The van der Waals surface area contributed by atoms with Gasteiger partial charge in [-0.1, -0.05) is 24.3 Å². The number of nitrogens with zero attached hydrogens (tertiary/aromatic N) is 1. The third kappa shape index (κ3) is 2.93. The molecule has 2 rings (SSSR count). The molecule has 0 bridgehead atoms. The van der Waals surface area contributed by atoms with Gasteiger partial charge in [0.1, 0.15) is 0 Å². The second-order valence-corrected chi connectivity index (χ2v) is 5.62. The first-order chi connectivity index (χ1) is 9.97. The molecule has 1 amide bonds. The van der Waals surface area contributed by atoms with Gasteiger partial charge in [-0.15, -0.1) is 0 Å². The van der Waals surface area contributed by atoms with Gasteiger partial charge in [0.2, 0.25) is 5.91 Å². The molecule has 0 spiro atoms. The molecular weight excluding hydrogens is 270 g/mol. The summed E-state index contributed by atoms with van der Waals surface area (Å²) < 4.78 is 5.20. The highest BCUT2D eigenvalue weighted by molar-refractivity contribution is 5.87. The minimum absolute atomic E-state index is 0.0394. The van der Waals surface area contributed by atoms with Gasteiger partial charge in [0.05, 0.1) is 18.6 Å². The maximum Gasteiger partial charge on any atom is 0.309 e. The Morgan fingerprint density at radius 3 is 2.67 bits per heavy atom. The predicted octanol–water partition coefficient (Wildman–Crippen LogP) is 2.22. The summed E-state index contributed by atoms with van der Waals surface area (Å²) >= 11 is 0. The Labute approximate surface area is 124 Å². The van der Waals surface area contributed by atoms with Crippen molar-refractivity contribution in [3.8, 4) is 0 Å². The van der Waals surface area contributed by atoms with Gasteiger partial charge >= 0.3 is 5.97 Å². The molecule has 5 heteroatoms. The zero-order chi connectivity index (χ0) is 15.6. The summed E-state index contributed by atoms with van der Waals surface area (Å²) in [4.78, 5) is 25.5. The van der Waals surface area contributed by atoms with Crippen LogP contribution >= 0.6 is 0 Å². The van der Waals surface area contributed by atoms with Crippen molar-refractivity contribution in [3.05, 3.63) is 35.4 Å². The lowest BCUT2D eigenvalue weighted by molar-refractivity contribution is -0.142. The number of carbonyl (C=O) groups excluding carboxylic acids is 1. The molecule has 1 aliphatic heterocycles. The van der Waals surface area contributed by atoms with Gasteiger partial charge in [0.25, 0.3) is 0 Å². The smallest absolute Gasteiger partial charge is 0.309 e. The largest absolute Gasteiger partial charge is 0.481 e. The van der Waals surface area contributed by atoms with E-state index in [0.29, 0.717) is 6.61 Å². The molecule has 1 aliphatic rings. The molecule has 1 aromatic carbocycles. The van der Waals surface area contributed by atoms with Crippen LogP contribution in [0.25, 0.3) is 0 Å². The normalized spacial score (nSPS) is 22.1. The molecule has 0 saturated carbocycles. The number of carboxylic acids is 1. The van der Waals surface area contributed by atoms with Crippen molar-refractivity contribution >= 4 is 11.9 Å². The molecule has 0 aliphatic carbocycles. The van der Waals surface area contributed by atoms with E-state index in [-0.39, 0.29) is 18.4 Å². The predicted molar refractivity (Wildman–Crippen MR) is 77.6 cm³/mol. The number of ether oxygens (including phenoxy) is 1. The lowest BCUT2D eigenvalue weighted by Gasteiger charge is -2.32. The monoisotopic (exact) mass is 291 g/mol. The number of benzene rings is 1. The van der Waals surface area contributed by atoms with E-state index in [0.717, 1.165) is 11.1 Å². The quantitative estimate of drug-likeness (QED) is 0.903. The van der Waals surface area contributed by atoms with Gasteiger partial charge < -0.3 is 14.7 Å². The number of carboxylic acid groups (broad SMARTS) is 1. The number of hydrogen-bond donors (Lipinski definition) is 1. The minimum atomic E-state index is -0.927. The summed E-state index contributed by atoms with van der Waals surface area (Å²) in [5, 5.41) is 9.47. The topological polar surface area (TPSA) is 66.8 Å². The van der Waals surface area contributed by atoms with Crippen molar-refractivity contribution in [2.75, 3.05) is 7.11 Å². The van der Waals surface area contributed by atoms with Crippen LogP contribution in [0.3, 0.4) is 0 Å². The Kier molecular flexibility index (Phi) is 4.63. The van der Waals surface area contributed by atoms with E-state index in [1.54, 1.807) is 12.0 Å². The number of hydrogen-bond acceptors (Lipinski definition) is 3. The standard InChI is InChI=1S/C16H21NO4/c1-10(2)17-14(18)8-13(16(19)20)15(17)12-7-5-4-6-11(12)9-21-3/h4-7,10,13,15H,8-9H2,1-3H3,(H,19,20). The highest BCUT2D eigenvalue weighted by atomic mass is 16.5. The lowest BCUT2D eigenvalue weighted by Crippen LogP contribution is -2.36. The number of methoxy groups -OCH3 is 1. The van der Waals surface area contributed by atoms with Crippen molar-refractivity contribution in [2.24, 2.45) is 5.92 Å². The maximum atomic E-state index is 12.2. The van der Waals surface area contributed by atoms with E-state index in [4.69, 9.17) is 4.74 Å². The summed E-state index contributed by atoms with van der Waals surface area (Å²) in [6.45, 7) is 4.22. The molecule has 114 valence electrons. The number of carbonyl (C=O) groups is 2. The Bertz CT molecular complexity index is 541. The van der Waals surface area contributed by atoms with E-state index in [2.05, 4.69) is 0 Å². The van der Waals surface area contributed by atoms with Crippen LogP contribution in [0.1, 0.15) is 37.4 Å². The second kappa shape index (κ2) is 6.26. The molecule has 2 unspecified atom stereocenters. The van der Waals surface area contributed by atoms with Gasteiger partial charge in [-0.2, -0.15) is 0 Å². The van der Waals surface area contributed by atoms with Gasteiger partial charge in [0.15, 0.2) is 0 Å². The third-order valence-corrected chi connectivity index (χ3v) is 3.91. The summed E-state index contributed by atoms with van der Waals surface area (Å²) in [6, 6.07) is 7.10. The van der Waals surface area contributed by atoms with Gasteiger partial charge in [-0.05, 0) is 25.0 Å². The van der Waals surface area contributed by atoms with Crippen molar-refractivity contribution in [1.29, 1.82) is 0 Å². The van der Waals surface area contributed by atoms with E-state index in [1.165, 1.54) is 0 Å². The molecule has 21 heavy (non-hydrogen) atoms. The van der Waals surface area contributed by atoms with Gasteiger partial charge in [0, 0.05) is 19.6 Å². The third-order valence-electron chi connectivity index (χ3n) is 3.91. The van der Waals surface area contributed by atoms with E-state index >= 15 is 0 Å². The van der Waals surface area contributed by atoms with E-state index in [9.17, 15) is 14.7 Å². The van der Waals surface area contributed by atoms with Crippen LogP contribution in [0.5, 0.6) is 0 Å². The minimum Gasteiger partial charge on any atom is -0.481 e.